The first-order valence-corrected chi connectivity index (χ1v) is 8.16. The van der Waals surface area contributed by atoms with Gasteiger partial charge in [0.25, 0.3) is 5.91 Å². The monoisotopic (exact) mass is 326 g/mol. The first-order chi connectivity index (χ1) is 10.9. The SMILES string of the molecule is O=C(c1cccc(C(F)(F)F)c1)N1CCC(N2CCCCC2)C1. The highest BCUT2D eigenvalue weighted by molar-refractivity contribution is 5.94. The maximum atomic E-state index is 12.8. The summed E-state index contributed by atoms with van der Waals surface area (Å²) in [7, 11) is 0. The minimum atomic E-state index is -4.42. The molecule has 0 saturated carbocycles. The summed E-state index contributed by atoms with van der Waals surface area (Å²) >= 11 is 0. The number of alkyl halides is 3. The Morgan fingerprint density at radius 3 is 2.52 bits per heavy atom. The number of likely N-dealkylation sites (tertiary alicyclic amines) is 2. The topological polar surface area (TPSA) is 23.6 Å². The van der Waals surface area contributed by atoms with Gasteiger partial charge in [-0.15, -0.1) is 0 Å². The van der Waals surface area contributed by atoms with Crippen LogP contribution in [0, 0.1) is 0 Å². The second-order valence-corrected chi connectivity index (χ2v) is 6.37. The molecule has 0 radical (unpaired) electrons. The minimum Gasteiger partial charge on any atom is -0.337 e. The molecule has 126 valence electrons. The van der Waals surface area contributed by atoms with Crippen LogP contribution in [-0.2, 0) is 6.18 Å². The molecule has 2 fully saturated rings. The molecule has 2 saturated heterocycles. The summed E-state index contributed by atoms with van der Waals surface area (Å²) in [5, 5.41) is 0. The quantitative estimate of drug-likeness (QED) is 0.831. The van der Waals surface area contributed by atoms with E-state index in [1.807, 2.05) is 0 Å². The highest BCUT2D eigenvalue weighted by atomic mass is 19.4. The van der Waals surface area contributed by atoms with Crippen molar-refractivity contribution in [3.05, 3.63) is 35.4 Å². The fourth-order valence-electron chi connectivity index (χ4n) is 3.52. The molecule has 3 nitrogen and oxygen atoms in total. The molecule has 0 aromatic heterocycles. The van der Waals surface area contributed by atoms with Crippen molar-refractivity contribution in [2.75, 3.05) is 26.2 Å². The molecule has 2 aliphatic heterocycles. The summed E-state index contributed by atoms with van der Waals surface area (Å²) in [6, 6.07) is 5.07. The van der Waals surface area contributed by atoms with E-state index in [4.69, 9.17) is 0 Å². The van der Waals surface area contributed by atoms with Gasteiger partial charge < -0.3 is 4.90 Å². The van der Waals surface area contributed by atoms with Gasteiger partial charge in [0.05, 0.1) is 5.56 Å². The Morgan fingerprint density at radius 2 is 1.83 bits per heavy atom. The number of amides is 1. The molecular weight excluding hydrogens is 305 g/mol. The standard InChI is InChI=1S/C17H21F3N2O/c18-17(19,20)14-6-4-5-13(11-14)16(23)22-10-7-15(12-22)21-8-2-1-3-9-21/h4-6,11,15H,1-3,7-10,12H2. The molecule has 2 heterocycles. The van der Waals surface area contributed by atoms with Crippen molar-refractivity contribution in [1.29, 1.82) is 0 Å². The second-order valence-electron chi connectivity index (χ2n) is 6.37. The fourth-order valence-corrected chi connectivity index (χ4v) is 3.52. The second kappa shape index (κ2) is 6.51. The van der Waals surface area contributed by atoms with Crippen LogP contribution in [0.5, 0.6) is 0 Å². The third-order valence-electron chi connectivity index (χ3n) is 4.79. The summed E-state index contributed by atoms with van der Waals surface area (Å²) < 4.78 is 38.3. The maximum absolute atomic E-state index is 12.8. The van der Waals surface area contributed by atoms with Crippen LogP contribution in [0.4, 0.5) is 13.2 Å². The highest BCUT2D eigenvalue weighted by Crippen LogP contribution is 2.30. The van der Waals surface area contributed by atoms with Gasteiger partial charge in [0.15, 0.2) is 0 Å². The number of halogens is 3. The lowest BCUT2D eigenvalue weighted by molar-refractivity contribution is -0.137. The average Bonchev–Trinajstić information content (AvgIpc) is 3.04. The van der Waals surface area contributed by atoms with Gasteiger partial charge in [-0.2, -0.15) is 13.2 Å². The molecular formula is C17H21F3N2O. The predicted octanol–water partition coefficient (Wildman–Crippen LogP) is 3.41. The third kappa shape index (κ3) is 3.68. The highest BCUT2D eigenvalue weighted by Gasteiger charge is 2.34. The number of nitrogens with zero attached hydrogens (tertiary/aromatic N) is 2. The molecule has 1 aromatic rings. The smallest absolute Gasteiger partial charge is 0.337 e. The summed E-state index contributed by atoms with van der Waals surface area (Å²) in [5.74, 6) is -0.296. The number of carbonyl (C=O) groups excluding carboxylic acids is 1. The van der Waals surface area contributed by atoms with Crippen molar-refractivity contribution in [1.82, 2.24) is 9.80 Å². The molecule has 0 N–H and O–H groups in total. The van der Waals surface area contributed by atoms with Gasteiger partial charge in [-0.1, -0.05) is 12.5 Å². The maximum Gasteiger partial charge on any atom is 0.416 e. The Labute approximate surface area is 134 Å². The van der Waals surface area contributed by atoms with Crippen LogP contribution < -0.4 is 0 Å². The van der Waals surface area contributed by atoms with Crippen molar-refractivity contribution in [2.24, 2.45) is 0 Å². The molecule has 6 heteroatoms. The average molecular weight is 326 g/mol. The summed E-state index contributed by atoms with van der Waals surface area (Å²) in [6.07, 6.45) is 0.134. The third-order valence-corrected chi connectivity index (χ3v) is 4.79. The van der Waals surface area contributed by atoms with Crippen LogP contribution in [0.1, 0.15) is 41.6 Å². The number of hydrogen-bond acceptors (Lipinski definition) is 2. The zero-order chi connectivity index (χ0) is 16.4. The molecule has 1 amide bonds. The Morgan fingerprint density at radius 1 is 1.09 bits per heavy atom. The molecule has 0 spiro atoms. The van der Waals surface area contributed by atoms with E-state index in [-0.39, 0.29) is 11.5 Å². The van der Waals surface area contributed by atoms with Gasteiger partial charge in [-0.25, -0.2) is 0 Å². The molecule has 3 rings (SSSR count). The van der Waals surface area contributed by atoms with Gasteiger partial charge in [0, 0.05) is 24.7 Å². The van der Waals surface area contributed by atoms with Gasteiger partial charge in [0.2, 0.25) is 0 Å². The van der Waals surface area contributed by atoms with Gasteiger partial charge in [-0.3, -0.25) is 9.69 Å². The molecule has 2 aliphatic rings. The molecule has 23 heavy (non-hydrogen) atoms. The number of carbonyl (C=O) groups is 1. The first-order valence-electron chi connectivity index (χ1n) is 8.16. The number of benzene rings is 1. The summed E-state index contributed by atoms with van der Waals surface area (Å²) in [6.45, 7) is 3.37. The molecule has 0 bridgehead atoms. The zero-order valence-corrected chi connectivity index (χ0v) is 13.0. The normalized spacial score (nSPS) is 23.3. The predicted molar refractivity (Wildman–Crippen MR) is 81.2 cm³/mol. The summed E-state index contributed by atoms with van der Waals surface area (Å²) in [4.78, 5) is 16.6. The molecule has 1 atom stereocenters. The van der Waals surface area contributed by atoms with E-state index < -0.39 is 11.7 Å². The van der Waals surface area contributed by atoms with Crippen molar-refractivity contribution in [3.8, 4) is 0 Å². The van der Waals surface area contributed by atoms with E-state index in [0.717, 1.165) is 31.6 Å². The fraction of sp³-hybridized carbons (Fsp3) is 0.588. The number of rotatable bonds is 2. The number of piperidine rings is 1. The minimum absolute atomic E-state index is 0.124. The van der Waals surface area contributed by atoms with E-state index in [0.29, 0.717) is 19.1 Å². The van der Waals surface area contributed by atoms with Gasteiger partial charge >= 0.3 is 6.18 Å². The van der Waals surface area contributed by atoms with E-state index in [1.54, 1.807) is 4.90 Å². The van der Waals surface area contributed by atoms with Crippen LogP contribution in [0.3, 0.4) is 0 Å². The Balaban J connectivity index is 1.67. The summed E-state index contributed by atoms with van der Waals surface area (Å²) in [5.41, 5.74) is -0.644. The van der Waals surface area contributed by atoms with Gasteiger partial charge in [0.1, 0.15) is 0 Å². The molecule has 1 aromatic carbocycles. The van der Waals surface area contributed by atoms with Crippen LogP contribution >= 0.6 is 0 Å². The zero-order valence-electron chi connectivity index (χ0n) is 13.0. The van der Waals surface area contributed by atoms with E-state index in [9.17, 15) is 18.0 Å². The van der Waals surface area contributed by atoms with Gasteiger partial charge in [-0.05, 0) is 50.6 Å². The van der Waals surface area contributed by atoms with E-state index in [1.165, 1.54) is 31.4 Å². The number of hydrogen-bond donors (Lipinski definition) is 0. The lowest BCUT2D eigenvalue weighted by Gasteiger charge is -2.32. The van der Waals surface area contributed by atoms with E-state index >= 15 is 0 Å². The first kappa shape index (κ1) is 16.3. The van der Waals surface area contributed by atoms with Crippen LogP contribution in [0.15, 0.2) is 24.3 Å². The lowest BCUT2D eigenvalue weighted by Crippen LogP contribution is -2.41. The van der Waals surface area contributed by atoms with Crippen molar-refractivity contribution in [2.45, 2.75) is 37.9 Å². The van der Waals surface area contributed by atoms with Crippen molar-refractivity contribution >= 4 is 5.91 Å². The lowest BCUT2D eigenvalue weighted by atomic mass is 10.1. The van der Waals surface area contributed by atoms with Crippen LogP contribution in [0.25, 0.3) is 0 Å². The molecule has 0 aliphatic carbocycles. The Kier molecular flexibility index (Phi) is 4.62. The largest absolute Gasteiger partial charge is 0.416 e. The molecule has 1 unspecified atom stereocenters. The van der Waals surface area contributed by atoms with Crippen molar-refractivity contribution in [3.63, 3.8) is 0 Å². The Bertz CT molecular complexity index is 567. The van der Waals surface area contributed by atoms with Crippen LogP contribution in [-0.4, -0.2) is 47.9 Å². The van der Waals surface area contributed by atoms with Crippen molar-refractivity contribution < 1.29 is 18.0 Å². The Hall–Kier alpha value is -1.56. The van der Waals surface area contributed by atoms with Crippen LogP contribution in [0.2, 0.25) is 0 Å². The van der Waals surface area contributed by atoms with E-state index in [2.05, 4.69) is 4.90 Å².